The maximum atomic E-state index is 12.7. The van der Waals surface area contributed by atoms with Crippen molar-refractivity contribution in [2.75, 3.05) is 20.1 Å². The molecule has 0 aromatic heterocycles. The molecule has 4 nitrogen and oxygen atoms in total. The molecule has 1 unspecified atom stereocenters. The monoisotopic (exact) mass is 346 g/mol. The summed E-state index contributed by atoms with van der Waals surface area (Å²) in [4.78, 5) is 0.405. The molecule has 1 aromatic rings. The summed E-state index contributed by atoms with van der Waals surface area (Å²) < 4.78 is 27.8. The zero-order chi connectivity index (χ0) is 14.2. The molecule has 19 heavy (non-hydrogen) atoms. The van der Waals surface area contributed by atoms with E-state index in [1.54, 1.807) is 13.1 Å². The zero-order valence-electron chi connectivity index (χ0n) is 11.4. The van der Waals surface area contributed by atoms with Gasteiger partial charge < -0.3 is 5.32 Å². The first kappa shape index (κ1) is 15.0. The van der Waals surface area contributed by atoms with Crippen molar-refractivity contribution in [2.45, 2.75) is 31.2 Å². The lowest BCUT2D eigenvalue weighted by molar-refractivity contribution is 0.387. The molecule has 0 spiro atoms. The summed E-state index contributed by atoms with van der Waals surface area (Å²) in [5, 5.41) is 3.20. The van der Waals surface area contributed by atoms with E-state index in [2.05, 4.69) is 21.2 Å². The Morgan fingerprint density at radius 1 is 1.32 bits per heavy atom. The van der Waals surface area contributed by atoms with Crippen LogP contribution in [0.1, 0.15) is 17.5 Å². The van der Waals surface area contributed by atoms with Crippen molar-refractivity contribution in [1.82, 2.24) is 9.62 Å². The minimum Gasteiger partial charge on any atom is -0.315 e. The molecule has 0 radical (unpaired) electrons. The summed E-state index contributed by atoms with van der Waals surface area (Å²) in [5.41, 5.74) is 1.71. The van der Waals surface area contributed by atoms with Crippen LogP contribution in [0.15, 0.2) is 21.5 Å². The quantitative estimate of drug-likeness (QED) is 0.911. The highest BCUT2D eigenvalue weighted by atomic mass is 79.9. The SMILES string of the molecule is Cc1cc(S(=O)(=O)N(C)C2CCNC2)c(C)cc1Br. The normalized spacial score (nSPS) is 20.2. The van der Waals surface area contributed by atoms with Crippen molar-refractivity contribution >= 4 is 26.0 Å². The lowest BCUT2D eigenvalue weighted by Crippen LogP contribution is -2.38. The van der Waals surface area contributed by atoms with E-state index in [9.17, 15) is 8.42 Å². The third kappa shape index (κ3) is 2.86. The number of nitrogens with one attached hydrogen (secondary N) is 1. The number of hydrogen-bond acceptors (Lipinski definition) is 3. The number of nitrogens with zero attached hydrogens (tertiary/aromatic N) is 1. The lowest BCUT2D eigenvalue weighted by Gasteiger charge is -2.24. The molecule has 1 atom stereocenters. The van der Waals surface area contributed by atoms with Crippen molar-refractivity contribution in [3.63, 3.8) is 0 Å². The Labute approximate surface area is 123 Å². The highest BCUT2D eigenvalue weighted by Gasteiger charge is 2.31. The van der Waals surface area contributed by atoms with Crippen molar-refractivity contribution in [3.05, 3.63) is 27.7 Å². The second-order valence-electron chi connectivity index (χ2n) is 5.03. The van der Waals surface area contributed by atoms with E-state index < -0.39 is 10.0 Å². The van der Waals surface area contributed by atoms with Gasteiger partial charge in [0.15, 0.2) is 0 Å². The Kier molecular flexibility index (Phi) is 4.35. The van der Waals surface area contributed by atoms with E-state index in [1.165, 1.54) is 4.31 Å². The summed E-state index contributed by atoms with van der Waals surface area (Å²) in [6.07, 6.45) is 0.865. The van der Waals surface area contributed by atoms with E-state index in [1.807, 2.05) is 19.9 Å². The fourth-order valence-electron chi connectivity index (χ4n) is 2.33. The molecule has 1 heterocycles. The van der Waals surface area contributed by atoms with Crippen molar-refractivity contribution in [1.29, 1.82) is 0 Å². The van der Waals surface area contributed by atoms with Gasteiger partial charge in [-0.15, -0.1) is 0 Å². The largest absolute Gasteiger partial charge is 0.315 e. The molecule has 0 bridgehead atoms. The van der Waals surface area contributed by atoms with Gasteiger partial charge in [0.25, 0.3) is 0 Å². The average Bonchev–Trinajstić information content (AvgIpc) is 2.86. The van der Waals surface area contributed by atoms with E-state index in [0.717, 1.165) is 35.1 Å². The number of hydrogen-bond donors (Lipinski definition) is 1. The Morgan fingerprint density at radius 2 is 2.00 bits per heavy atom. The van der Waals surface area contributed by atoms with Gasteiger partial charge in [-0.25, -0.2) is 8.42 Å². The van der Waals surface area contributed by atoms with Crippen LogP contribution >= 0.6 is 15.9 Å². The van der Waals surface area contributed by atoms with Crippen LogP contribution in [0.4, 0.5) is 0 Å². The standard InChI is InChI=1S/C13H19BrN2O2S/c1-9-7-13(10(2)6-12(9)14)19(17,18)16(3)11-4-5-15-8-11/h6-7,11,15H,4-5,8H2,1-3H3. The topological polar surface area (TPSA) is 49.4 Å². The van der Waals surface area contributed by atoms with E-state index in [0.29, 0.717) is 4.90 Å². The van der Waals surface area contributed by atoms with Crippen LogP contribution in [0.2, 0.25) is 0 Å². The number of sulfonamides is 1. The van der Waals surface area contributed by atoms with E-state index in [4.69, 9.17) is 0 Å². The summed E-state index contributed by atoms with van der Waals surface area (Å²) in [5.74, 6) is 0. The van der Waals surface area contributed by atoms with Gasteiger partial charge in [-0.1, -0.05) is 15.9 Å². The second-order valence-corrected chi connectivity index (χ2v) is 7.86. The molecule has 6 heteroatoms. The highest BCUT2D eigenvalue weighted by molar-refractivity contribution is 9.10. The van der Waals surface area contributed by atoms with Gasteiger partial charge in [-0.3, -0.25) is 0 Å². The summed E-state index contributed by atoms with van der Waals surface area (Å²) in [7, 11) is -1.75. The van der Waals surface area contributed by atoms with Gasteiger partial charge in [-0.05, 0) is 50.1 Å². The van der Waals surface area contributed by atoms with Crippen LogP contribution in [-0.2, 0) is 10.0 Å². The van der Waals surface area contributed by atoms with E-state index >= 15 is 0 Å². The molecule has 1 fully saturated rings. The van der Waals surface area contributed by atoms with Crippen LogP contribution in [0.5, 0.6) is 0 Å². The fraction of sp³-hybridized carbons (Fsp3) is 0.538. The molecule has 1 aliphatic heterocycles. The first-order chi connectivity index (χ1) is 8.84. The Bertz CT molecular complexity index is 581. The number of rotatable bonds is 3. The Morgan fingerprint density at radius 3 is 2.58 bits per heavy atom. The van der Waals surface area contributed by atoms with Crippen molar-refractivity contribution in [2.24, 2.45) is 0 Å². The smallest absolute Gasteiger partial charge is 0.243 e. The van der Waals surface area contributed by atoms with Crippen molar-refractivity contribution in [3.8, 4) is 0 Å². The molecule has 2 rings (SSSR count). The third-order valence-electron chi connectivity index (χ3n) is 3.66. The summed E-state index contributed by atoms with van der Waals surface area (Å²) >= 11 is 3.43. The Hall–Kier alpha value is -0.430. The Balaban J connectivity index is 2.41. The first-order valence-corrected chi connectivity index (χ1v) is 8.53. The number of halogens is 1. The summed E-state index contributed by atoms with van der Waals surface area (Å²) in [6, 6.07) is 3.66. The molecule has 106 valence electrons. The molecule has 1 saturated heterocycles. The van der Waals surface area contributed by atoms with Crippen LogP contribution in [0.25, 0.3) is 0 Å². The van der Waals surface area contributed by atoms with Crippen molar-refractivity contribution < 1.29 is 8.42 Å². The fourth-order valence-corrected chi connectivity index (χ4v) is 4.47. The second kappa shape index (κ2) is 5.52. The van der Waals surface area contributed by atoms with E-state index in [-0.39, 0.29) is 6.04 Å². The van der Waals surface area contributed by atoms with Gasteiger partial charge in [0.05, 0.1) is 4.90 Å². The predicted octanol–water partition coefficient (Wildman–Crippen LogP) is 2.05. The zero-order valence-corrected chi connectivity index (χ0v) is 13.8. The van der Waals surface area contributed by atoms with Gasteiger partial charge in [-0.2, -0.15) is 4.31 Å². The molecule has 1 aliphatic rings. The molecular formula is C13H19BrN2O2S. The van der Waals surface area contributed by atoms with Gasteiger partial charge in [0.1, 0.15) is 0 Å². The maximum absolute atomic E-state index is 12.7. The number of likely N-dealkylation sites (N-methyl/N-ethyl adjacent to an activating group) is 1. The highest BCUT2D eigenvalue weighted by Crippen LogP contribution is 2.27. The maximum Gasteiger partial charge on any atom is 0.243 e. The number of benzene rings is 1. The van der Waals surface area contributed by atoms with Crippen LogP contribution in [0.3, 0.4) is 0 Å². The minimum atomic E-state index is -3.42. The summed E-state index contributed by atoms with van der Waals surface area (Å²) in [6.45, 7) is 5.34. The molecule has 0 amide bonds. The molecule has 0 aliphatic carbocycles. The lowest BCUT2D eigenvalue weighted by atomic mass is 10.2. The third-order valence-corrected chi connectivity index (χ3v) is 6.57. The first-order valence-electron chi connectivity index (χ1n) is 6.29. The van der Waals surface area contributed by atoms with Crippen LogP contribution in [-0.4, -0.2) is 38.9 Å². The molecule has 1 N–H and O–H groups in total. The van der Waals surface area contributed by atoms with Gasteiger partial charge >= 0.3 is 0 Å². The minimum absolute atomic E-state index is 0.0494. The average molecular weight is 347 g/mol. The van der Waals surface area contributed by atoms with Crippen LogP contribution in [0, 0.1) is 13.8 Å². The van der Waals surface area contributed by atoms with Crippen LogP contribution < -0.4 is 5.32 Å². The predicted molar refractivity (Wildman–Crippen MR) is 79.8 cm³/mol. The number of aryl methyl sites for hydroxylation is 2. The molecular weight excluding hydrogens is 328 g/mol. The molecule has 1 aromatic carbocycles. The van der Waals surface area contributed by atoms with Gasteiger partial charge in [0.2, 0.25) is 10.0 Å². The molecule has 0 saturated carbocycles. The van der Waals surface area contributed by atoms with Gasteiger partial charge in [0, 0.05) is 24.1 Å².